The van der Waals surface area contributed by atoms with Gasteiger partial charge in [-0.2, -0.15) is 0 Å². The minimum Gasteiger partial charge on any atom is -0.493 e. The van der Waals surface area contributed by atoms with Crippen LogP contribution in [0.5, 0.6) is 5.75 Å². The highest BCUT2D eigenvalue weighted by Gasteiger charge is 2.06. The van der Waals surface area contributed by atoms with Crippen LogP contribution < -0.4 is 10.1 Å². The summed E-state index contributed by atoms with van der Waals surface area (Å²) < 4.78 is 5.78. The number of ether oxygens (including phenoxy) is 1. The maximum absolute atomic E-state index is 9.01. The second-order valence-corrected chi connectivity index (χ2v) is 4.89. The van der Waals surface area contributed by atoms with Crippen LogP contribution >= 0.6 is 0 Å². The van der Waals surface area contributed by atoms with Crippen LogP contribution in [0.25, 0.3) is 0 Å². The van der Waals surface area contributed by atoms with E-state index in [2.05, 4.69) is 31.3 Å². The standard InChI is InChI=1S/C15H25NO2/c1-4-7-16-9-14-8-12(2)5-6-15(14)18-11-13(3)10-17/h5-6,8,13,16-17H,4,7,9-11H2,1-3H3. The number of hydrogen-bond donors (Lipinski definition) is 2. The van der Waals surface area contributed by atoms with Crippen LogP contribution in [-0.4, -0.2) is 24.9 Å². The molecule has 1 aromatic rings. The normalized spacial score (nSPS) is 12.4. The van der Waals surface area contributed by atoms with Crippen molar-refractivity contribution in [1.82, 2.24) is 5.32 Å². The number of aliphatic hydroxyl groups is 1. The summed E-state index contributed by atoms with van der Waals surface area (Å²) in [7, 11) is 0. The molecule has 0 heterocycles. The lowest BCUT2D eigenvalue weighted by Crippen LogP contribution is -2.17. The first-order chi connectivity index (χ1) is 8.67. The van der Waals surface area contributed by atoms with Gasteiger partial charge in [-0.1, -0.05) is 31.5 Å². The van der Waals surface area contributed by atoms with Gasteiger partial charge >= 0.3 is 0 Å². The molecule has 0 bridgehead atoms. The quantitative estimate of drug-likeness (QED) is 0.698. The second-order valence-electron chi connectivity index (χ2n) is 4.89. The summed E-state index contributed by atoms with van der Waals surface area (Å²) in [5.74, 6) is 1.09. The van der Waals surface area contributed by atoms with E-state index in [1.807, 2.05) is 13.0 Å². The predicted molar refractivity (Wildman–Crippen MR) is 74.9 cm³/mol. The second kappa shape index (κ2) is 8.11. The molecule has 0 saturated heterocycles. The molecule has 3 heteroatoms. The first kappa shape index (κ1) is 15.0. The lowest BCUT2D eigenvalue weighted by molar-refractivity contribution is 0.173. The van der Waals surface area contributed by atoms with Crippen molar-refractivity contribution in [2.45, 2.75) is 33.7 Å². The molecule has 0 amide bonds. The largest absolute Gasteiger partial charge is 0.493 e. The van der Waals surface area contributed by atoms with Crippen LogP contribution in [0.3, 0.4) is 0 Å². The first-order valence-corrected chi connectivity index (χ1v) is 6.71. The van der Waals surface area contributed by atoms with Crippen molar-refractivity contribution in [3.8, 4) is 5.75 Å². The van der Waals surface area contributed by atoms with Crippen LogP contribution in [0.15, 0.2) is 18.2 Å². The van der Waals surface area contributed by atoms with E-state index in [9.17, 15) is 0 Å². The molecule has 0 aliphatic heterocycles. The number of hydrogen-bond acceptors (Lipinski definition) is 3. The van der Waals surface area contributed by atoms with Gasteiger partial charge in [0.05, 0.1) is 6.61 Å². The van der Waals surface area contributed by atoms with Gasteiger partial charge in [0.15, 0.2) is 0 Å². The van der Waals surface area contributed by atoms with Crippen molar-refractivity contribution in [2.75, 3.05) is 19.8 Å². The van der Waals surface area contributed by atoms with Gasteiger partial charge in [-0.3, -0.25) is 0 Å². The lowest BCUT2D eigenvalue weighted by Gasteiger charge is -2.15. The van der Waals surface area contributed by atoms with Crippen molar-refractivity contribution in [3.05, 3.63) is 29.3 Å². The summed E-state index contributed by atoms with van der Waals surface area (Å²) in [5, 5.41) is 12.4. The minimum absolute atomic E-state index is 0.162. The van der Waals surface area contributed by atoms with E-state index in [1.165, 1.54) is 11.1 Å². The maximum atomic E-state index is 9.01. The summed E-state index contributed by atoms with van der Waals surface area (Å²) in [6, 6.07) is 6.23. The summed E-state index contributed by atoms with van der Waals surface area (Å²) in [5.41, 5.74) is 2.43. The number of aryl methyl sites for hydroxylation is 1. The predicted octanol–water partition coefficient (Wildman–Crippen LogP) is 2.50. The van der Waals surface area contributed by atoms with Crippen molar-refractivity contribution in [2.24, 2.45) is 5.92 Å². The Balaban J connectivity index is 2.63. The van der Waals surface area contributed by atoms with Gasteiger partial charge in [0, 0.05) is 24.6 Å². The average molecular weight is 251 g/mol. The zero-order valence-corrected chi connectivity index (χ0v) is 11.7. The van der Waals surface area contributed by atoms with Crippen LogP contribution in [0.1, 0.15) is 31.4 Å². The molecule has 0 spiro atoms. The van der Waals surface area contributed by atoms with Gasteiger partial charge in [0.25, 0.3) is 0 Å². The van der Waals surface area contributed by atoms with Gasteiger partial charge in [-0.25, -0.2) is 0 Å². The third kappa shape index (κ3) is 5.07. The van der Waals surface area contributed by atoms with Gasteiger partial charge in [0.2, 0.25) is 0 Å². The molecule has 0 fully saturated rings. The fourth-order valence-electron chi connectivity index (χ4n) is 1.67. The molecule has 0 aliphatic rings. The number of rotatable bonds is 8. The molecule has 3 nitrogen and oxygen atoms in total. The molecule has 18 heavy (non-hydrogen) atoms. The highest BCUT2D eigenvalue weighted by molar-refractivity contribution is 5.36. The van der Waals surface area contributed by atoms with E-state index in [1.54, 1.807) is 0 Å². The van der Waals surface area contributed by atoms with Gasteiger partial charge < -0.3 is 15.2 Å². The molecular formula is C15H25NO2. The van der Waals surface area contributed by atoms with Crippen LogP contribution in [-0.2, 0) is 6.54 Å². The monoisotopic (exact) mass is 251 g/mol. The Labute approximate surface area is 110 Å². The van der Waals surface area contributed by atoms with E-state index in [4.69, 9.17) is 9.84 Å². The summed E-state index contributed by atoms with van der Waals surface area (Å²) in [4.78, 5) is 0. The third-order valence-electron chi connectivity index (χ3n) is 2.79. The average Bonchev–Trinajstić information content (AvgIpc) is 2.37. The Kier molecular flexibility index (Phi) is 6.76. The molecule has 1 unspecified atom stereocenters. The molecular weight excluding hydrogens is 226 g/mol. The zero-order chi connectivity index (χ0) is 13.4. The molecule has 2 N–H and O–H groups in total. The molecule has 1 aromatic carbocycles. The Morgan fingerprint density at radius 3 is 2.83 bits per heavy atom. The van der Waals surface area contributed by atoms with Gasteiger partial charge in [-0.15, -0.1) is 0 Å². The molecule has 0 saturated carbocycles. The van der Waals surface area contributed by atoms with Gasteiger partial charge in [-0.05, 0) is 26.0 Å². The summed E-state index contributed by atoms with van der Waals surface area (Å²) in [6.07, 6.45) is 1.13. The Morgan fingerprint density at radius 1 is 1.39 bits per heavy atom. The maximum Gasteiger partial charge on any atom is 0.123 e. The van der Waals surface area contributed by atoms with Crippen molar-refractivity contribution in [3.63, 3.8) is 0 Å². The van der Waals surface area contributed by atoms with E-state index >= 15 is 0 Å². The van der Waals surface area contributed by atoms with Crippen LogP contribution in [0.2, 0.25) is 0 Å². The van der Waals surface area contributed by atoms with Crippen molar-refractivity contribution in [1.29, 1.82) is 0 Å². The topological polar surface area (TPSA) is 41.5 Å². The SMILES string of the molecule is CCCNCc1cc(C)ccc1OCC(C)CO. The van der Waals surface area contributed by atoms with Gasteiger partial charge in [0.1, 0.15) is 5.75 Å². The van der Waals surface area contributed by atoms with E-state index in [0.29, 0.717) is 6.61 Å². The Hall–Kier alpha value is -1.06. The number of benzene rings is 1. The van der Waals surface area contributed by atoms with Crippen LogP contribution in [0.4, 0.5) is 0 Å². The van der Waals surface area contributed by atoms with Crippen molar-refractivity contribution < 1.29 is 9.84 Å². The Bertz CT molecular complexity index is 352. The lowest BCUT2D eigenvalue weighted by atomic mass is 10.1. The van der Waals surface area contributed by atoms with Crippen molar-refractivity contribution >= 4 is 0 Å². The molecule has 102 valence electrons. The molecule has 0 radical (unpaired) electrons. The number of aliphatic hydroxyl groups excluding tert-OH is 1. The highest BCUT2D eigenvalue weighted by Crippen LogP contribution is 2.20. The fourth-order valence-corrected chi connectivity index (χ4v) is 1.67. The fraction of sp³-hybridized carbons (Fsp3) is 0.600. The van der Waals surface area contributed by atoms with E-state index < -0.39 is 0 Å². The summed E-state index contributed by atoms with van der Waals surface area (Å²) in [6.45, 7) is 8.78. The number of nitrogens with one attached hydrogen (secondary N) is 1. The minimum atomic E-state index is 0.162. The highest BCUT2D eigenvalue weighted by atomic mass is 16.5. The smallest absolute Gasteiger partial charge is 0.123 e. The molecule has 1 rings (SSSR count). The molecule has 1 atom stereocenters. The van der Waals surface area contributed by atoms with E-state index in [0.717, 1.165) is 25.3 Å². The Morgan fingerprint density at radius 2 is 2.17 bits per heavy atom. The first-order valence-electron chi connectivity index (χ1n) is 6.71. The third-order valence-corrected chi connectivity index (χ3v) is 2.79. The van der Waals surface area contributed by atoms with Crippen LogP contribution in [0, 0.1) is 12.8 Å². The molecule has 0 aliphatic carbocycles. The molecule has 0 aromatic heterocycles. The van der Waals surface area contributed by atoms with E-state index in [-0.39, 0.29) is 12.5 Å². The zero-order valence-electron chi connectivity index (χ0n) is 11.7. The summed E-state index contributed by atoms with van der Waals surface area (Å²) >= 11 is 0.